The van der Waals surface area contributed by atoms with Gasteiger partial charge < -0.3 is 15.2 Å². The Morgan fingerprint density at radius 3 is 2.77 bits per heavy atom. The minimum atomic E-state index is -0.282. The molecule has 2 N–H and O–H groups in total. The van der Waals surface area contributed by atoms with Crippen molar-refractivity contribution in [2.24, 2.45) is 0 Å². The Hall–Kier alpha value is -3.29. The maximum Gasteiger partial charge on any atom is 0.273 e. The predicted molar refractivity (Wildman–Crippen MR) is 94.5 cm³/mol. The molecule has 0 aliphatic heterocycles. The number of nitrogens with one attached hydrogen (secondary N) is 2. The second-order valence-electron chi connectivity index (χ2n) is 6.13. The standard InChI is InChI=1S/C18H18N6O2/c1-19-16-8-13(22-17(23-16)12-4-6-20-7-5-12)10-21-18(25)14-9-15(26-24-14)11-2-3-11/h4-9,11H,2-3,10H2,1H3,(H,21,25)(H,19,22,23). The molecule has 1 aliphatic carbocycles. The highest BCUT2D eigenvalue weighted by molar-refractivity contribution is 5.92. The molecule has 0 unspecified atom stereocenters. The summed E-state index contributed by atoms with van der Waals surface area (Å²) in [6.45, 7) is 0.264. The highest BCUT2D eigenvalue weighted by atomic mass is 16.5. The lowest BCUT2D eigenvalue weighted by atomic mass is 10.2. The Labute approximate surface area is 150 Å². The van der Waals surface area contributed by atoms with Crippen molar-refractivity contribution in [3.05, 3.63) is 53.8 Å². The Balaban J connectivity index is 1.49. The summed E-state index contributed by atoms with van der Waals surface area (Å²) in [7, 11) is 1.79. The van der Waals surface area contributed by atoms with E-state index in [-0.39, 0.29) is 12.5 Å². The molecule has 1 aliphatic rings. The first kappa shape index (κ1) is 16.2. The van der Waals surface area contributed by atoms with E-state index >= 15 is 0 Å². The van der Waals surface area contributed by atoms with Crippen LogP contribution in [0.1, 0.15) is 40.7 Å². The Morgan fingerprint density at radius 1 is 1.23 bits per heavy atom. The lowest BCUT2D eigenvalue weighted by Crippen LogP contribution is -2.23. The largest absolute Gasteiger partial charge is 0.373 e. The van der Waals surface area contributed by atoms with E-state index < -0.39 is 0 Å². The van der Waals surface area contributed by atoms with Crippen molar-refractivity contribution in [3.8, 4) is 11.4 Å². The van der Waals surface area contributed by atoms with Crippen LogP contribution in [-0.2, 0) is 6.54 Å². The molecule has 26 heavy (non-hydrogen) atoms. The monoisotopic (exact) mass is 350 g/mol. The third kappa shape index (κ3) is 3.53. The second kappa shape index (κ2) is 6.91. The zero-order valence-corrected chi connectivity index (χ0v) is 14.3. The van der Waals surface area contributed by atoms with Crippen LogP contribution in [0.5, 0.6) is 0 Å². The molecule has 0 aromatic carbocycles. The van der Waals surface area contributed by atoms with Gasteiger partial charge in [-0.25, -0.2) is 9.97 Å². The average Bonchev–Trinajstić information content (AvgIpc) is 3.43. The summed E-state index contributed by atoms with van der Waals surface area (Å²) in [6.07, 6.45) is 5.58. The smallest absolute Gasteiger partial charge is 0.273 e. The van der Waals surface area contributed by atoms with Gasteiger partial charge in [0, 0.05) is 43.1 Å². The van der Waals surface area contributed by atoms with E-state index in [0.717, 1.165) is 24.2 Å². The van der Waals surface area contributed by atoms with Crippen LogP contribution in [0, 0.1) is 0 Å². The molecule has 0 saturated heterocycles. The van der Waals surface area contributed by atoms with Crippen LogP contribution in [0.15, 0.2) is 41.2 Å². The minimum Gasteiger partial charge on any atom is -0.373 e. The van der Waals surface area contributed by atoms with Gasteiger partial charge in [0.2, 0.25) is 0 Å². The molecule has 132 valence electrons. The molecule has 8 heteroatoms. The van der Waals surface area contributed by atoms with Gasteiger partial charge in [0.1, 0.15) is 11.6 Å². The second-order valence-corrected chi connectivity index (χ2v) is 6.13. The molecule has 0 atom stereocenters. The van der Waals surface area contributed by atoms with Gasteiger partial charge in [-0.2, -0.15) is 0 Å². The van der Waals surface area contributed by atoms with Crippen LogP contribution in [0.2, 0.25) is 0 Å². The summed E-state index contributed by atoms with van der Waals surface area (Å²) in [6, 6.07) is 7.19. The van der Waals surface area contributed by atoms with Crippen LogP contribution >= 0.6 is 0 Å². The maximum atomic E-state index is 12.3. The van der Waals surface area contributed by atoms with Crippen LogP contribution in [0.3, 0.4) is 0 Å². The zero-order chi connectivity index (χ0) is 17.9. The number of amides is 1. The molecule has 0 bridgehead atoms. The van der Waals surface area contributed by atoms with Gasteiger partial charge in [-0.05, 0) is 25.0 Å². The number of anilines is 1. The predicted octanol–water partition coefficient (Wildman–Crippen LogP) is 2.38. The summed E-state index contributed by atoms with van der Waals surface area (Å²) < 4.78 is 5.22. The summed E-state index contributed by atoms with van der Waals surface area (Å²) in [5.41, 5.74) is 1.84. The number of carbonyl (C=O) groups is 1. The summed E-state index contributed by atoms with van der Waals surface area (Å²) >= 11 is 0. The fraction of sp³-hybridized carbons (Fsp3) is 0.278. The highest BCUT2D eigenvalue weighted by Gasteiger charge is 2.28. The molecule has 1 fully saturated rings. The number of hydrogen-bond acceptors (Lipinski definition) is 7. The van der Waals surface area contributed by atoms with E-state index in [1.807, 2.05) is 12.1 Å². The Morgan fingerprint density at radius 2 is 2.04 bits per heavy atom. The molecular weight excluding hydrogens is 332 g/mol. The minimum absolute atomic E-state index is 0.264. The lowest BCUT2D eigenvalue weighted by Gasteiger charge is -2.08. The van der Waals surface area contributed by atoms with Gasteiger partial charge in [0.15, 0.2) is 11.5 Å². The number of pyridine rings is 1. The average molecular weight is 350 g/mol. The van der Waals surface area contributed by atoms with Crippen molar-refractivity contribution in [2.45, 2.75) is 25.3 Å². The summed E-state index contributed by atoms with van der Waals surface area (Å²) in [5, 5.41) is 9.69. The zero-order valence-electron chi connectivity index (χ0n) is 14.3. The lowest BCUT2D eigenvalue weighted by molar-refractivity contribution is 0.0941. The molecular formula is C18H18N6O2. The van der Waals surface area contributed by atoms with Crippen molar-refractivity contribution in [1.29, 1.82) is 0 Å². The first-order chi connectivity index (χ1) is 12.7. The number of hydrogen-bond donors (Lipinski definition) is 2. The van der Waals surface area contributed by atoms with E-state index in [1.165, 1.54) is 0 Å². The third-order valence-electron chi connectivity index (χ3n) is 4.14. The van der Waals surface area contributed by atoms with Gasteiger partial charge in [-0.3, -0.25) is 9.78 Å². The van der Waals surface area contributed by atoms with Gasteiger partial charge in [0.25, 0.3) is 5.91 Å². The van der Waals surface area contributed by atoms with Crippen molar-refractivity contribution < 1.29 is 9.32 Å². The van der Waals surface area contributed by atoms with Crippen LogP contribution < -0.4 is 10.6 Å². The number of aromatic nitrogens is 4. The maximum absolute atomic E-state index is 12.3. The molecule has 1 saturated carbocycles. The first-order valence-corrected chi connectivity index (χ1v) is 8.44. The van der Waals surface area contributed by atoms with E-state index in [1.54, 1.807) is 31.6 Å². The topological polar surface area (TPSA) is 106 Å². The molecule has 3 aromatic heterocycles. The van der Waals surface area contributed by atoms with Crippen LogP contribution in [-0.4, -0.2) is 33.1 Å². The fourth-order valence-electron chi connectivity index (χ4n) is 2.56. The van der Waals surface area contributed by atoms with Gasteiger partial charge in [-0.1, -0.05) is 5.16 Å². The van der Waals surface area contributed by atoms with Gasteiger partial charge >= 0.3 is 0 Å². The fourth-order valence-corrected chi connectivity index (χ4v) is 2.56. The number of nitrogens with zero attached hydrogens (tertiary/aromatic N) is 4. The Kier molecular flexibility index (Phi) is 4.30. The van der Waals surface area contributed by atoms with Crippen molar-refractivity contribution in [2.75, 3.05) is 12.4 Å². The van der Waals surface area contributed by atoms with E-state index in [2.05, 4.69) is 30.7 Å². The van der Waals surface area contributed by atoms with Crippen molar-refractivity contribution in [3.63, 3.8) is 0 Å². The SMILES string of the molecule is CNc1cc(CNC(=O)c2cc(C3CC3)on2)nc(-c2ccncc2)n1. The first-order valence-electron chi connectivity index (χ1n) is 8.44. The third-order valence-corrected chi connectivity index (χ3v) is 4.14. The van der Waals surface area contributed by atoms with Crippen molar-refractivity contribution in [1.82, 2.24) is 25.4 Å². The number of carbonyl (C=O) groups excluding carboxylic acids is 1. The van der Waals surface area contributed by atoms with Gasteiger partial charge in [0.05, 0.1) is 12.2 Å². The quantitative estimate of drug-likeness (QED) is 0.703. The molecule has 0 spiro atoms. The Bertz CT molecular complexity index is 920. The molecule has 3 heterocycles. The normalized spacial score (nSPS) is 13.4. The van der Waals surface area contributed by atoms with E-state index in [0.29, 0.717) is 28.9 Å². The number of rotatable bonds is 6. The van der Waals surface area contributed by atoms with Crippen molar-refractivity contribution >= 4 is 11.7 Å². The summed E-state index contributed by atoms with van der Waals surface area (Å²) in [4.78, 5) is 25.3. The van der Waals surface area contributed by atoms with Crippen LogP contribution in [0.25, 0.3) is 11.4 Å². The van der Waals surface area contributed by atoms with E-state index in [4.69, 9.17) is 4.52 Å². The summed E-state index contributed by atoms with van der Waals surface area (Å²) in [5.74, 6) is 2.17. The highest BCUT2D eigenvalue weighted by Crippen LogP contribution is 2.40. The molecule has 3 aromatic rings. The molecule has 1 amide bonds. The van der Waals surface area contributed by atoms with E-state index in [9.17, 15) is 4.79 Å². The van der Waals surface area contributed by atoms with Crippen LogP contribution in [0.4, 0.5) is 5.82 Å². The van der Waals surface area contributed by atoms with Gasteiger partial charge in [-0.15, -0.1) is 0 Å². The molecule has 8 nitrogen and oxygen atoms in total. The molecule has 4 rings (SSSR count). The molecule has 0 radical (unpaired) electrons.